The zero-order valence-electron chi connectivity index (χ0n) is 13.0. The molecule has 0 bridgehead atoms. The fraction of sp³-hybridized carbons (Fsp3) is 0.667. The van der Waals surface area contributed by atoms with Crippen molar-refractivity contribution in [2.75, 3.05) is 19.8 Å². The van der Waals surface area contributed by atoms with Gasteiger partial charge in [-0.25, -0.2) is 0 Å². The van der Waals surface area contributed by atoms with Crippen molar-refractivity contribution in [3.8, 4) is 0 Å². The number of hydrogen-bond acceptors (Lipinski definition) is 3. The Kier molecular flexibility index (Phi) is 9.04. The second-order valence-corrected chi connectivity index (χ2v) is 7.34. The lowest BCUT2D eigenvalue weighted by atomic mass is 10.1. The van der Waals surface area contributed by atoms with Gasteiger partial charge < -0.3 is 10.6 Å². The molecule has 1 saturated carbocycles. The number of thioether (sulfide) groups is 1. The molecule has 0 spiro atoms. The number of aliphatic imine (C=N–C) groups is 1. The Morgan fingerprint density at radius 2 is 2.33 bits per heavy atom. The van der Waals surface area contributed by atoms with Crippen LogP contribution in [0, 0.1) is 0 Å². The Morgan fingerprint density at radius 1 is 1.52 bits per heavy atom. The standard InChI is InChI=1S/C15H25N3S2.HI/c1-11(12-6-7-20-10-12)9-17-15(16-2)18-13-4-5-14(8-13)19-3;/h6-7,10-11,13-14H,4-5,8-9H2,1-3H3,(H2,16,17,18);1H. The Balaban J connectivity index is 0.00000220. The van der Waals surface area contributed by atoms with Crippen LogP contribution >= 0.6 is 47.1 Å². The molecule has 0 aromatic carbocycles. The molecule has 0 radical (unpaired) electrons. The van der Waals surface area contributed by atoms with Gasteiger partial charge in [0.2, 0.25) is 0 Å². The van der Waals surface area contributed by atoms with E-state index in [0.29, 0.717) is 12.0 Å². The first-order valence-electron chi connectivity index (χ1n) is 7.25. The summed E-state index contributed by atoms with van der Waals surface area (Å²) >= 11 is 3.75. The minimum atomic E-state index is 0. The van der Waals surface area contributed by atoms with Crippen molar-refractivity contribution in [2.45, 2.75) is 43.4 Å². The largest absolute Gasteiger partial charge is 0.356 e. The van der Waals surface area contributed by atoms with E-state index in [1.165, 1.54) is 24.8 Å². The fourth-order valence-corrected chi connectivity index (χ4v) is 4.18. The summed E-state index contributed by atoms with van der Waals surface area (Å²) in [6.45, 7) is 3.18. The Bertz CT molecular complexity index is 423. The number of nitrogens with one attached hydrogen (secondary N) is 2. The summed E-state index contributed by atoms with van der Waals surface area (Å²) in [7, 11) is 1.85. The van der Waals surface area contributed by atoms with Crippen LogP contribution in [0.5, 0.6) is 0 Å². The number of nitrogens with zero attached hydrogens (tertiary/aromatic N) is 1. The first-order chi connectivity index (χ1) is 9.72. The molecule has 0 saturated heterocycles. The SMILES string of the molecule is CN=C(NCC(C)c1ccsc1)NC1CCC(SC)C1.I. The molecule has 6 heteroatoms. The number of hydrogen-bond donors (Lipinski definition) is 2. The van der Waals surface area contributed by atoms with E-state index in [9.17, 15) is 0 Å². The second kappa shape index (κ2) is 9.94. The molecule has 1 aromatic rings. The molecular weight excluding hydrogens is 413 g/mol. The van der Waals surface area contributed by atoms with Gasteiger partial charge in [0.15, 0.2) is 5.96 Å². The van der Waals surface area contributed by atoms with Gasteiger partial charge in [0.1, 0.15) is 0 Å². The average molecular weight is 439 g/mol. The van der Waals surface area contributed by atoms with Gasteiger partial charge in [-0.05, 0) is 53.8 Å². The second-order valence-electron chi connectivity index (χ2n) is 5.42. The van der Waals surface area contributed by atoms with Gasteiger partial charge in [-0.3, -0.25) is 4.99 Å². The third-order valence-electron chi connectivity index (χ3n) is 3.97. The minimum absolute atomic E-state index is 0. The molecule has 2 rings (SSSR count). The van der Waals surface area contributed by atoms with Gasteiger partial charge in [0, 0.05) is 24.9 Å². The van der Waals surface area contributed by atoms with Gasteiger partial charge in [0.25, 0.3) is 0 Å². The van der Waals surface area contributed by atoms with E-state index in [4.69, 9.17) is 0 Å². The van der Waals surface area contributed by atoms with E-state index in [1.807, 2.05) is 18.8 Å². The third-order valence-corrected chi connectivity index (χ3v) is 5.77. The Morgan fingerprint density at radius 3 is 2.90 bits per heavy atom. The van der Waals surface area contributed by atoms with Crippen LogP contribution in [0.25, 0.3) is 0 Å². The maximum Gasteiger partial charge on any atom is 0.191 e. The molecule has 2 N–H and O–H groups in total. The molecule has 120 valence electrons. The summed E-state index contributed by atoms with van der Waals surface area (Å²) in [6.07, 6.45) is 6.04. The molecule has 0 aliphatic heterocycles. The number of halogens is 1. The topological polar surface area (TPSA) is 36.4 Å². The molecule has 21 heavy (non-hydrogen) atoms. The summed E-state index contributed by atoms with van der Waals surface area (Å²) in [6, 6.07) is 2.78. The number of guanidine groups is 1. The Labute approximate surface area is 153 Å². The molecular formula is C15H26IN3S2. The average Bonchev–Trinajstić information content (AvgIpc) is 3.13. The summed E-state index contributed by atoms with van der Waals surface area (Å²) in [5.41, 5.74) is 1.40. The zero-order valence-corrected chi connectivity index (χ0v) is 16.9. The fourth-order valence-electron chi connectivity index (χ4n) is 2.60. The lowest BCUT2D eigenvalue weighted by Crippen LogP contribution is -2.43. The Hall–Kier alpha value is 0.0500. The number of thiophene rings is 1. The zero-order chi connectivity index (χ0) is 14.4. The van der Waals surface area contributed by atoms with Crippen molar-refractivity contribution >= 4 is 53.0 Å². The van der Waals surface area contributed by atoms with Crippen molar-refractivity contribution in [2.24, 2.45) is 4.99 Å². The molecule has 1 aromatic heterocycles. The molecule has 1 aliphatic rings. The van der Waals surface area contributed by atoms with Crippen LogP contribution in [0.1, 0.15) is 37.7 Å². The highest BCUT2D eigenvalue weighted by atomic mass is 127. The van der Waals surface area contributed by atoms with Crippen LogP contribution in [0.3, 0.4) is 0 Å². The predicted octanol–water partition coefficient (Wildman–Crippen LogP) is 3.92. The smallest absolute Gasteiger partial charge is 0.191 e. The highest BCUT2D eigenvalue weighted by Crippen LogP contribution is 2.28. The predicted molar refractivity (Wildman–Crippen MR) is 108 cm³/mol. The van der Waals surface area contributed by atoms with Crippen molar-refractivity contribution < 1.29 is 0 Å². The third kappa shape index (κ3) is 5.98. The first kappa shape index (κ1) is 19.1. The quantitative estimate of drug-likeness (QED) is 0.415. The molecule has 3 nitrogen and oxygen atoms in total. The normalized spacial score (nSPS) is 23.5. The summed E-state index contributed by atoms with van der Waals surface area (Å²) < 4.78 is 0. The highest BCUT2D eigenvalue weighted by Gasteiger charge is 2.24. The van der Waals surface area contributed by atoms with Crippen LogP contribution in [-0.4, -0.2) is 37.1 Å². The monoisotopic (exact) mass is 439 g/mol. The van der Waals surface area contributed by atoms with Crippen LogP contribution in [-0.2, 0) is 0 Å². The maximum absolute atomic E-state index is 4.35. The van der Waals surface area contributed by atoms with Gasteiger partial charge >= 0.3 is 0 Å². The highest BCUT2D eigenvalue weighted by molar-refractivity contribution is 14.0. The van der Waals surface area contributed by atoms with Gasteiger partial charge in [-0.15, -0.1) is 24.0 Å². The van der Waals surface area contributed by atoms with Crippen molar-refractivity contribution in [3.05, 3.63) is 22.4 Å². The number of rotatable bonds is 5. The summed E-state index contributed by atoms with van der Waals surface area (Å²) in [5, 5.41) is 12.2. The lowest BCUT2D eigenvalue weighted by Gasteiger charge is -2.19. The molecule has 3 atom stereocenters. The van der Waals surface area contributed by atoms with Gasteiger partial charge in [0.05, 0.1) is 0 Å². The molecule has 1 aliphatic carbocycles. The van der Waals surface area contributed by atoms with E-state index in [1.54, 1.807) is 11.3 Å². The minimum Gasteiger partial charge on any atom is -0.356 e. The maximum atomic E-state index is 4.35. The van der Waals surface area contributed by atoms with Crippen LogP contribution < -0.4 is 10.6 Å². The van der Waals surface area contributed by atoms with E-state index in [0.717, 1.165) is 17.8 Å². The van der Waals surface area contributed by atoms with Crippen molar-refractivity contribution in [3.63, 3.8) is 0 Å². The molecule has 1 fully saturated rings. The van der Waals surface area contributed by atoms with E-state index in [-0.39, 0.29) is 24.0 Å². The van der Waals surface area contributed by atoms with Crippen molar-refractivity contribution in [1.82, 2.24) is 10.6 Å². The van der Waals surface area contributed by atoms with E-state index in [2.05, 4.69) is 45.6 Å². The van der Waals surface area contributed by atoms with Gasteiger partial charge in [-0.2, -0.15) is 23.1 Å². The summed E-state index contributed by atoms with van der Waals surface area (Å²) in [4.78, 5) is 4.35. The molecule has 1 heterocycles. The first-order valence-corrected chi connectivity index (χ1v) is 9.48. The molecule has 3 unspecified atom stereocenters. The van der Waals surface area contributed by atoms with E-state index < -0.39 is 0 Å². The lowest BCUT2D eigenvalue weighted by molar-refractivity contribution is 0.606. The van der Waals surface area contributed by atoms with Gasteiger partial charge in [-0.1, -0.05) is 6.92 Å². The molecule has 0 amide bonds. The van der Waals surface area contributed by atoms with Crippen molar-refractivity contribution in [1.29, 1.82) is 0 Å². The van der Waals surface area contributed by atoms with Crippen LogP contribution in [0.4, 0.5) is 0 Å². The van der Waals surface area contributed by atoms with E-state index >= 15 is 0 Å². The van der Waals surface area contributed by atoms with Crippen LogP contribution in [0.15, 0.2) is 21.8 Å². The van der Waals surface area contributed by atoms with Crippen LogP contribution in [0.2, 0.25) is 0 Å². The summed E-state index contributed by atoms with van der Waals surface area (Å²) in [5.74, 6) is 1.46.